The number of nitrogens with zero attached hydrogens (tertiary/aromatic N) is 5. The number of benzene rings is 1. The zero-order valence-corrected chi connectivity index (χ0v) is 16.7. The summed E-state index contributed by atoms with van der Waals surface area (Å²) >= 11 is 6.09. The minimum atomic E-state index is -1.18. The molecule has 10 nitrogen and oxygen atoms in total. The summed E-state index contributed by atoms with van der Waals surface area (Å²) in [6.45, 7) is 2.36. The van der Waals surface area contributed by atoms with E-state index in [4.69, 9.17) is 16.4 Å². The van der Waals surface area contributed by atoms with Gasteiger partial charge in [0.25, 0.3) is 5.91 Å². The molecule has 2 heterocycles. The van der Waals surface area contributed by atoms with Crippen molar-refractivity contribution in [1.29, 1.82) is 0 Å². The summed E-state index contributed by atoms with van der Waals surface area (Å²) in [4.78, 5) is 30.4. The number of nitrogens with one attached hydrogen (secondary N) is 1. The maximum atomic E-state index is 12.7. The number of hydroxylamine groups is 2. The molecule has 2 N–H and O–H groups in total. The Bertz CT molecular complexity index is 847. The number of rotatable bonds is 8. The van der Waals surface area contributed by atoms with Gasteiger partial charge in [0.2, 0.25) is 5.91 Å². The van der Waals surface area contributed by atoms with E-state index in [-0.39, 0.29) is 19.1 Å². The largest absolute Gasteiger partial charge is 0.383 e. The van der Waals surface area contributed by atoms with Gasteiger partial charge in [-0.15, -0.1) is 5.10 Å². The molecule has 2 amide bonds. The van der Waals surface area contributed by atoms with Gasteiger partial charge in [0.15, 0.2) is 0 Å². The number of aromatic nitrogens is 4. The first-order chi connectivity index (χ1) is 14.0. The van der Waals surface area contributed by atoms with Gasteiger partial charge in [0, 0.05) is 18.0 Å². The van der Waals surface area contributed by atoms with Crippen molar-refractivity contribution in [3.8, 4) is 5.69 Å². The Labute approximate surface area is 172 Å². The Balaban J connectivity index is 1.66. The lowest BCUT2D eigenvalue weighted by Gasteiger charge is -2.24. The molecule has 0 bridgehead atoms. The van der Waals surface area contributed by atoms with E-state index in [2.05, 4.69) is 20.8 Å². The van der Waals surface area contributed by atoms with Crippen molar-refractivity contribution >= 4 is 23.4 Å². The highest BCUT2D eigenvalue weighted by Crippen LogP contribution is 2.21. The van der Waals surface area contributed by atoms with Crippen molar-refractivity contribution in [1.82, 2.24) is 30.6 Å². The quantitative estimate of drug-likeness (QED) is 0.650. The van der Waals surface area contributed by atoms with E-state index in [0.29, 0.717) is 35.5 Å². The second-order valence-corrected chi connectivity index (χ2v) is 7.14. The van der Waals surface area contributed by atoms with E-state index < -0.39 is 18.1 Å². The topological polar surface area (TPSA) is 122 Å². The predicted molar refractivity (Wildman–Crippen MR) is 103 cm³/mol. The fourth-order valence-electron chi connectivity index (χ4n) is 3.08. The minimum absolute atomic E-state index is 0.158. The number of halogens is 1. The second-order valence-electron chi connectivity index (χ2n) is 6.70. The first kappa shape index (κ1) is 21.2. The SMILES string of the molecule is CCCC[C@@H](O)C(=O)N1OCCC1C(=O)NCc1cc(Cl)ccc1-n1cnnn1. The summed E-state index contributed by atoms with van der Waals surface area (Å²) < 4.78 is 1.47. The number of unbranched alkanes of at least 4 members (excludes halogenated alkanes) is 1. The Morgan fingerprint density at radius 3 is 3.00 bits per heavy atom. The van der Waals surface area contributed by atoms with E-state index in [0.717, 1.165) is 11.5 Å². The molecule has 0 aliphatic carbocycles. The third-order valence-electron chi connectivity index (χ3n) is 4.63. The van der Waals surface area contributed by atoms with Crippen molar-refractivity contribution in [2.24, 2.45) is 0 Å². The molecule has 0 spiro atoms. The van der Waals surface area contributed by atoms with Gasteiger partial charge in [0.1, 0.15) is 18.5 Å². The molecule has 0 radical (unpaired) electrons. The number of hydrogen-bond acceptors (Lipinski definition) is 7. The fourth-order valence-corrected chi connectivity index (χ4v) is 3.28. The van der Waals surface area contributed by atoms with Crippen LogP contribution in [0.4, 0.5) is 0 Å². The van der Waals surface area contributed by atoms with Crippen LogP contribution >= 0.6 is 11.6 Å². The number of tetrazole rings is 1. The molecule has 0 saturated carbocycles. The van der Waals surface area contributed by atoms with E-state index in [1.165, 1.54) is 11.0 Å². The number of aliphatic hydroxyl groups excluding tert-OH is 1. The van der Waals surface area contributed by atoms with Crippen molar-refractivity contribution in [3.63, 3.8) is 0 Å². The van der Waals surface area contributed by atoms with Gasteiger partial charge in [-0.2, -0.15) is 0 Å². The molecule has 1 aliphatic rings. The summed E-state index contributed by atoms with van der Waals surface area (Å²) in [5.41, 5.74) is 1.38. The van der Waals surface area contributed by atoms with Crippen LogP contribution in [-0.2, 0) is 21.0 Å². The summed E-state index contributed by atoms with van der Waals surface area (Å²) in [5.74, 6) is -0.964. The van der Waals surface area contributed by atoms with Crippen LogP contribution in [0.2, 0.25) is 5.02 Å². The first-order valence-corrected chi connectivity index (χ1v) is 9.82. The van der Waals surface area contributed by atoms with Gasteiger partial charge >= 0.3 is 0 Å². The van der Waals surface area contributed by atoms with E-state index in [1.807, 2.05) is 6.92 Å². The van der Waals surface area contributed by atoms with Crippen LogP contribution in [0.15, 0.2) is 24.5 Å². The second kappa shape index (κ2) is 9.77. The van der Waals surface area contributed by atoms with Crippen LogP contribution in [-0.4, -0.2) is 60.9 Å². The van der Waals surface area contributed by atoms with Crippen molar-refractivity contribution in [2.45, 2.75) is 51.3 Å². The normalized spacial score (nSPS) is 17.3. The third kappa shape index (κ3) is 5.08. The monoisotopic (exact) mass is 422 g/mol. The van der Waals surface area contributed by atoms with E-state index in [1.54, 1.807) is 18.2 Å². The number of aliphatic hydroxyl groups is 1. The molecule has 1 unspecified atom stereocenters. The summed E-state index contributed by atoms with van der Waals surface area (Å²) in [5, 5.41) is 25.4. The minimum Gasteiger partial charge on any atom is -0.383 e. The molecule has 2 aromatic rings. The Morgan fingerprint density at radius 2 is 2.28 bits per heavy atom. The van der Waals surface area contributed by atoms with Gasteiger partial charge in [-0.1, -0.05) is 31.4 Å². The maximum absolute atomic E-state index is 12.7. The summed E-state index contributed by atoms with van der Waals surface area (Å²) in [6, 6.07) is 4.36. The fraction of sp³-hybridized carbons (Fsp3) is 0.500. The molecule has 1 saturated heterocycles. The van der Waals surface area contributed by atoms with Gasteiger partial charge in [-0.25, -0.2) is 9.75 Å². The first-order valence-electron chi connectivity index (χ1n) is 9.44. The van der Waals surface area contributed by atoms with Crippen molar-refractivity contribution in [2.75, 3.05) is 6.61 Å². The van der Waals surface area contributed by atoms with Crippen LogP contribution in [0, 0.1) is 0 Å². The molecule has 1 fully saturated rings. The van der Waals surface area contributed by atoms with Crippen molar-refractivity contribution in [3.05, 3.63) is 35.1 Å². The van der Waals surface area contributed by atoms with Gasteiger partial charge in [-0.3, -0.25) is 14.4 Å². The van der Waals surface area contributed by atoms with E-state index in [9.17, 15) is 14.7 Å². The third-order valence-corrected chi connectivity index (χ3v) is 4.87. The average molecular weight is 423 g/mol. The Morgan fingerprint density at radius 1 is 1.45 bits per heavy atom. The smallest absolute Gasteiger partial charge is 0.275 e. The molecule has 1 aromatic carbocycles. The molecule has 3 rings (SSSR count). The number of amides is 2. The Hall–Kier alpha value is -2.56. The van der Waals surface area contributed by atoms with Crippen LogP contribution in [0.1, 0.15) is 38.2 Å². The zero-order valence-electron chi connectivity index (χ0n) is 16.0. The summed E-state index contributed by atoms with van der Waals surface area (Å²) in [7, 11) is 0. The molecule has 11 heteroatoms. The lowest BCUT2D eigenvalue weighted by molar-refractivity contribution is -0.187. The van der Waals surface area contributed by atoms with Crippen LogP contribution in [0.25, 0.3) is 5.69 Å². The van der Waals surface area contributed by atoms with Gasteiger partial charge < -0.3 is 10.4 Å². The van der Waals surface area contributed by atoms with Crippen LogP contribution in [0.5, 0.6) is 0 Å². The molecular weight excluding hydrogens is 400 g/mol. The highest BCUT2D eigenvalue weighted by Gasteiger charge is 2.38. The standard InChI is InChI=1S/C18H23ClN6O4/c1-2-3-4-16(26)18(28)25-15(7-8-29-25)17(27)20-10-12-9-13(19)5-6-14(12)24-11-21-22-23-24/h5-6,9,11,15-16,26H,2-4,7-8,10H2,1H3,(H,20,27)/t15?,16-/m1/s1. The lowest BCUT2D eigenvalue weighted by atomic mass is 10.1. The van der Waals surface area contributed by atoms with Crippen molar-refractivity contribution < 1.29 is 19.5 Å². The molecule has 1 aromatic heterocycles. The van der Waals surface area contributed by atoms with Crippen LogP contribution in [0.3, 0.4) is 0 Å². The van der Waals surface area contributed by atoms with Crippen LogP contribution < -0.4 is 5.32 Å². The average Bonchev–Trinajstić information content (AvgIpc) is 3.41. The molecule has 29 heavy (non-hydrogen) atoms. The zero-order chi connectivity index (χ0) is 20.8. The van der Waals surface area contributed by atoms with E-state index >= 15 is 0 Å². The Kier molecular flexibility index (Phi) is 7.13. The summed E-state index contributed by atoms with van der Waals surface area (Å²) in [6.07, 6.45) is 2.53. The van der Waals surface area contributed by atoms with Gasteiger partial charge in [0.05, 0.1) is 12.3 Å². The highest BCUT2D eigenvalue weighted by atomic mass is 35.5. The number of carbonyl (C=O) groups is 2. The maximum Gasteiger partial charge on any atom is 0.275 e. The molecule has 1 aliphatic heterocycles. The van der Waals surface area contributed by atoms with Gasteiger partial charge in [-0.05, 0) is 40.6 Å². The molecule has 156 valence electrons. The lowest BCUT2D eigenvalue weighted by Crippen LogP contribution is -2.48. The molecule has 2 atom stereocenters. The number of carbonyl (C=O) groups excluding carboxylic acids is 2. The number of hydrogen-bond donors (Lipinski definition) is 2. The predicted octanol–water partition coefficient (Wildman–Crippen LogP) is 1.02. The highest BCUT2D eigenvalue weighted by molar-refractivity contribution is 6.30. The molecular formula is C18H23ClN6O4.